The highest BCUT2D eigenvalue weighted by molar-refractivity contribution is 5.67. The van der Waals surface area contributed by atoms with Crippen molar-refractivity contribution in [3.63, 3.8) is 0 Å². The molecule has 0 radical (unpaired) electrons. The molecule has 1 unspecified atom stereocenters. The van der Waals surface area contributed by atoms with Gasteiger partial charge in [0.1, 0.15) is 0 Å². The Kier molecular flexibility index (Phi) is 9.87. The van der Waals surface area contributed by atoms with Crippen molar-refractivity contribution in [2.75, 3.05) is 7.11 Å². The molecule has 3 rings (SSSR count). The van der Waals surface area contributed by atoms with E-state index < -0.39 is 0 Å². The van der Waals surface area contributed by atoms with Gasteiger partial charge >= 0.3 is 0 Å². The fourth-order valence-corrected chi connectivity index (χ4v) is 5.04. The third kappa shape index (κ3) is 7.65. The number of hydrogen-bond donors (Lipinski definition) is 0. The highest BCUT2D eigenvalue weighted by atomic mass is 16.5. The molecule has 0 heterocycles. The molecule has 2 aromatic carbocycles. The van der Waals surface area contributed by atoms with Crippen LogP contribution in [0.15, 0.2) is 61.2 Å². The second-order valence-electron chi connectivity index (χ2n) is 9.55. The van der Waals surface area contributed by atoms with Crippen LogP contribution in [-0.4, -0.2) is 13.2 Å². The van der Waals surface area contributed by atoms with Crippen molar-refractivity contribution in [2.45, 2.75) is 83.7 Å². The summed E-state index contributed by atoms with van der Waals surface area (Å²) in [4.78, 5) is 0. The second-order valence-corrected chi connectivity index (χ2v) is 9.55. The molecule has 1 aliphatic carbocycles. The lowest BCUT2D eigenvalue weighted by atomic mass is 9.80. The van der Waals surface area contributed by atoms with Crippen LogP contribution in [-0.2, 0) is 17.6 Å². The molecule has 168 valence electrons. The maximum atomic E-state index is 5.40. The molecule has 1 fully saturated rings. The first kappa shape index (κ1) is 23.8. The Morgan fingerprint density at radius 2 is 1.68 bits per heavy atom. The van der Waals surface area contributed by atoms with Gasteiger partial charge in [0.15, 0.2) is 0 Å². The van der Waals surface area contributed by atoms with E-state index in [4.69, 9.17) is 4.74 Å². The lowest BCUT2D eigenvalue weighted by Gasteiger charge is -2.26. The summed E-state index contributed by atoms with van der Waals surface area (Å²) in [5, 5.41) is 0. The number of allylic oxidation sites excluding steroid dienone is 1. The SMILES string of the molecule is C=CC1CCC(CCCCc2ccc(-c3ccccc3CCCC(C)OC)cc2)CC1. The van der Waals surface area contributed by atoms with Gasteiger partial charge in [0.2, 0.25) is 0 Å². The van der Waals surface area contributed by atoms with E-state index in [2.05, 4.69) is 68.1 Å². The average molecular weight is 419 g/mol. The maximum absolute atomic E-state index is 5.40. The molecular formula is C30H42O. The Morgan fingerprint density at radius 3 is 2.39 bits per heavy atom. The molecule has 2 aromatic rings. The van der Waals surface area contributed by atoms with E-state index in [0.29, 0.717) is 6.10 Å². The molecular weight excluding hydrogens is 376 g/mol. The van der Waals surface area contributed by atoms with Crippen molar-refractivity contribution in [1.82, 2.24) is 0 Å². The van der Waals surface area contributed by atoms with E-state index in [1.54, 1.807) is 7.11 Å². The molecule has 1 heteroatoms. The zero-order valence-electron chi connectivity index (χ0n) is 19.8. The Hall–Kier alpha value is -1.86. The van der Waals surface area contributed by atoms with Gasteiger partial charge in [-0.15, -0.1) is 6.58 Å². The highest BCUT2D eigenvalue weighted by Crippen LogP contribution is 2.32. The molecule has 1 atom stereocenters. The maximum Gasteiger partial charge on any atom is 0.0543 e. The van der Waals surface area contributed by atoms with Crippen molar-refractivity contribution < 1.29 is 4.74 Å². The molecule has 1 nitrogen and oxygen atoms in total. The molecule has 1 saturated carbocycles. The fraction of sp³-hybridized carbons (Fsp3) is 0.533. The number of methoxy groups -OCH3 is 1. The summed E-state index contributed by atoms with van der Waals surface area (Å²) in [6, 6.07) is 18.2. The molecule has 0 aromatic heterocycles. The molecule has 31 heavy (non-hydrogen) atoms. The molecule has 0 spiro atoms. The Balaban J connectivity index is 1.45. The van der Waals surface area contributed by atoms with Gasteiger partial charge in [0, 0.05) is 7.11 Å². The summed E-state index contributed by atoms with van der Waals surface area (Å²) in [6.07, 6.45) is 16.8. The largest absolute Gasteiger partial charge is 0.382 e. The highest BCUT2D eigenvalue weighted by Gasteiger charge is 2.18. The van der Waals surface area contributed by atoms with Crippen molar-refractivity contribution >= 4 is 0 Å². The van der Waals surface area contributed by atoms with Crippen LogP contribution in [0.1, 0.15) is 75.8 Å². The molecule has 0 N–H and O–H groups in total. The van der Waals surface area contributed by atoms with E-state index in [9.17, 15) is 0 Å². The van der Waals surface area contributed by atoms with Crippen LogP contribution in [0.4, 0.5) is 0 Å². The lowest BCUT2D eigenvalue weighted by Crippen LogP contribution is -2.12. The first-order valence-corrected chi connectivity index (χ1v) is 12.5. The summed E-state index contributed by atoms with van der Waals surface area (Å²) < 4.78 is 5.40. The summed E-state index contributed by atoms with van der Waals surface area (Å²) in [6.45, 7) is 6.12. The predicted octanol–water partition coefficient (Wildman–Crippen LogP) is 8.42. The van der Waals surface area contributed by atoms with Gasteiger partial charge in [-0.2, -0.15) is 0 Å². The smallest absolute Gasteiger partial charge is 0.0543 e. The van der Waals surface area contributed by atoms with Crippen LogP contribution in [0, 0.1) is 11.8 Å². The van der Waals surface area contributed by atoms with Crippen molar-refractivity contribution in [3.05, 3.63) is 72.3 Å². The second kappa shape index (κ2) is 12.9. The zero-order valence-corrected chi connectivity index (χ0v) is 19.8. The molecule has 0 amide bonds. The summed E-state index contributed by atoms with van der Waals surface area (Å²) in [7, 11) is 1.80. The molecule has 0 aliphatic heterocycles. The van der Waals surface area contributed by atoms with E-state index in [0.717, 1.165) is 24.7 Å². The van der Waals surface area contributed by atoms with E-state index >= 15 is 0 Å². The number of benzene rings is 2. The van der Waals surface area contributed by atoms with Gasteiger partial charge in [0.05, 0.1) is 6.10 Å². The number of unbranched alkanes of at least 4 members (excludes halogenated alkanes) is 1. The normalized spacial score (nSPS) is 19.8. The fourth-order valence-electron chi connectivity index (χ4n) is 5.04. The number of aryl methyl sites for hydroxylation is 2. The average Bonchev–Trinajstić information content (AvgIpc) is 2.83. The Bertz CT molecular complexity index is 767. The standard InChI is InChI=1S/C30H42O/c1-4-25-16-18-26(19-17-25)11-5-6-12-27-20-22-29(23-21-27)30-15-8-7-13-28(30)14-9-10-24(2)31-3/h4,7-8,13,15,20-26H,1,5-6,9-12,14,16-19H2,2-3H3. The third-order valence-electron chi connectivity index (χ3n) is 7.29. The van der Waals surface area contributed by atoms with E-state index in [1.807, 2.05) is 0 Å². The quantitative estimate of drug-likeness (QED) is 0.248. The third-order valence-corrected chi connectivity index (χ3v) is 7.29. The zero-order chi connectivity index (χ0) is 21.9. The molecule has 1 aliphatic rings. The molecule has 0 bridgehead atoms. The summed E-state index contributed by atoms with van der Waals surface area (Å²) in [5.41, 5.74) is 5.66. The first-order valence-electron chi connectivity index (χ1n) is 12.5. The van der Waals surface area contributed by atoms with E-state index in [-0.39, 0.29) is 0 Å². The predicted molar refractivity (Wildman–Crippen MR) is 134 cm³/mol. The van der Waals surface area contributed by atoms with Gasteiger partial charge in [-0.1, -0.05) is 67.4 Å². The topological polar surface area (TPSA) is 9.23 Å². The van der Waals surface area contributed by atoms with Crippen LogP contribution >= 0.6 is 0 Å². The van der Waals surface area contributed by atoms with Crippen LogP contribution in [0.25, 0.3) is 11.1 Å². The van der Waals surface area contributed by atoms with Gasteiger partial charge < -0.3 is 4.74 Å². The van der Waals surface area contributed by atoms with E-state index in [1.165, 1.54) is 80.0 Å². The van der Waals surface area contributed by atoms with Crippen LogP contribution in [0.3, 0.4) is 0 Å². The van der Waals surface area contributed by atoms with Gasteiger partial charge in [-0.3, -0.25) is 0 Å². The first-order chi connectivity index (χ1) is 15.2. The minimum absolute atomic E-state index is 0.341. The van der Waals surface area contributed by atoms with Crippen LogP contribution < -0.4 is 0 Å². The van der Waals surface area contributed by atoms with Crippen molar-refractivity contribution in [1.29, 1.82) is 0 Å². The lowest BCUT2D eigenvalue weighted by molar-refractivity contribution is 0.109. The summed E-state index contributed by atoms with van der Waals surface area (Å²) >= 11 is 0. The van der Waals surface area contributed by atoms with Crippen molar-refractivity contribution in [3.8, 4) is 11.1 Å². The molecule has 0 saturated heterocycles. The minimum Gasteiger partial charge on any atom is -0.382 e. The Morgan fingerprint density at radius 1 is 0.935 bits per heavy atom. The Labute approximate surface area is 190 Å². The van der Waals surface area contributed by atoms with Gasteiger partial charge in [-0.25, -0.2) is 0 Å². The van der Waals surface area contributed by atoms with Gasteiger partial charge in [0.25, 0.3) is 0 Å². The van der Waals surface area contributed by atoms with Gasteiger partial charge in [-0.05, 0) is 98.8 Å². The van der Waals surface area contributed by atoms with Crippen molar-refractivity contribution in [2.24, 2.45) is 11.8 Å². The monoisotopic (exact) mass is 418 g/mol. The number of rotatable bonds is 12. The van der Waals surface area contributed by atoms with Crippen LogP contribution in [0.2, 0.25) is 0 Å². The minimum atomic E-state index is 0.341. The van der Waals surface area contributed by atoms with Crippen LogP contribution in [0.5, 0.6) is 0 Å². The number of hydrogen-bond acceptors (Lipinski definition) is 1. The summed E-state index contributed by atoms with van der Waals surface area (Å²) in [5.74, 6) is 1.75. The number of ether oxygens (including phenoxy) is 1.